The Morgan fingerprint density at radius 2 is 2.12 bits per heavy atom. The number of halogens is 2. The summed E-state index contributed by atoms with van der Waals surface area (Å²) >= 11 is 0. The lowest BCUT2D eigenvalue weighted by Crippen LogP contribution is -2.43. The van der Waals surface area contributed by atoms with Gasteiger partial charge in [-0.3, -0.25) is 9.88 Å². The maximum Gasteiger partial charge on any atom is 0.319 e. The van der Waals surface area contributed by atoms with Gasteiger partial charge >= 0.3 is 6.01 Å². The van der Waals surface area contributed by atoms with Crippen LogP contribution in [0.25, 0.3) is 10.9 Å². The Balaban J connectivity index is 1.40. The molecule has 0 N–H and O–H groups in total. The molecule has 3 aliphatic rings. The van der Waals surface area contributed by atoms with Crippen molar-refractivity contribution in [2.75, 3.05) is 50.9 Å². The Labute approximate surface area is 192 Å². The summed E-state index contributed by atoms with van der Waals surface area (Å²) in [6, 6.07) is 0.135. The van der Waals surface area contributed by atoms with Gasteiger partial charge in [0.25, 0.3) is 0 Å². The van der Waals surface area contributed by atoms with Gasteiger partial charge in [0.1, 0.15) is 24.1 Å². The van der Waals surface area contributed by atoms with Gasteiger partial charge in [0.15, 0.2) is 5.82 Å². The van der Waals surface area contributed by atoms with E-state index in [1.165, 1.54) is 0 Å². The minimum Gasteiger partial charge on any atom is -0.461 e. The number of fused-ring (bicyclic) bond motifs is 2. The fraction of sp³-hybridized carbons (Fsp3) is 0.625. The van der Waals surface area contributed by atoms with Gasteiger partial charge in [0.05, 0.1) is 30.3 Å². The van der Waals surface area contributed by atoms with Gasteiger partial charge in [-0.15, -0.1) is 6.58 Å². The zero-order valence-electron chi connectivity index (χ0n) is 18.9. The van der Waals surface area contributed by atoms with E-state index in [0.717, 1.165) is 51.5 Å². The van der Waals surface area contributed by atoms with Gasteiger partial charge in [-0.2, -0.15) is 9.97 Å². The fourth-order valence-electron chi connectivity index (χ4n) is 5.64. The first-order chi connectivity index (χ1) is 16.1. The minimum atomic E-state index is -0.834. The molecule has 3 atom stereocenters. The largest absolute Gasteiger partial charge is 0.461 e. The van der Waals surface area contributed by atoms with E-state index in [0.29, 0.717) is 49.9 Å². The van der Waals surface area contributed by atoms with Gasteiger partial charge in [-0.05, 0) is 38.1 Å². The van der Waals surface area contributed by atoms with E-state index < -0.39 is 12.0 Å². The second kappa shape index (κ2) is 9.46. The third kappa shape index (κ3) is 4.53. The molecule has 5 heterocycles. The van der Waals surface area contributed by atoms with Crippen LogP contribution in [0.2, 0.25) is 0 Å². The van der Waals surface area contributed by atoms with Crippen molar-refractivity contribution >= 4 is 16.7 Å². The highest BCUT2D eigenvalue weighted by atomic mass is 19.1. The summed E-state index contributed by atoms with van der Waals surface area (Å²) in [4.78, 5) is 17.4. The molecule has 178 valence electrons. The third-order valence-corrected chi connectivity index (χ3v) is 7.16. The topological polar surface area (TPSA) is 63.6 Å². The summed E-state index contributed by atoms with van der Waals surface area (Å²) in [6.45, 7) is 8.07. The number of pyridine rings is 1. The number of piperidine rings is 1. The van der Waals surface area contributed by atoms with Crippen LogP contribution in [0.5, 0.6) is 6.01 Å². The summed E-state index contributed by atoms with van der Waals surface area (Å²) in [7, 11) is 0. The lowest BCUT2D eigenvalue weighted by molar-refractivity contribution is 0.107. The first-order valence-corrected chi connectivity index (χ1v) is 11.8. The van der Waals surface area contributed by atoms with E-state index in [1.54, 1.807) is 12.3 Å². The number of rotatable bonds is 8. The fourth-order valence-corrected chi connectivity index (χ4v) is 5.64. The monoisotopic (exact) mass is 459 g/mol. The van der Waals surface area contributed by atoms with Crippen LogP contribution in [-0.4, -0.2) is 77.6 Å². The number of hydrogen-bond donors (Lipinski definition) is 0. The molecule has 33 heavy (non-hydrogen) atoms. The Morgan fingerprint density at radius 1 is 1.21 bits per heavy atom. The maximum atomic E-state index is 14.7. The van der Waals surface area contributed by atoms with Crippen LogP contribution in [-0.2, 0) is 4.74 Å². The molecule has 0 saturated carbocycles. The third-order valence-electron chi connectivity index (χ3n) is 7.16. The van der Waals surface area contributed by atoms with Crippen LogP contribution in [0.3, 0.4) is 0 Å². The molecule has 3 aliphatic heterocycles. The highest BCUT2D eigenvalue weighted by molar-refractivity contribution is 5.89. The van der Waals surface area contributed by atoms with Crippen molar-refractivity contribution in [2.24, 2.45) is 5.92 Å². The van der Waals surface area contributed by atoms with Crippen molar-refractivity contribution in [3.63, 3.8) is 0 Å². The summed E-state index contributed by atoms with van der Waals surface area (Å²) in [5, 5.41) is 0.570. The number of nitrogens with zero attached hydrogens (tertiary/aromatic N) is 5. The van der Waals surface area contributed by atoms with Gasteiger partial charge in [-0.25, -0.2) is 8.78 Å². The van der Waals surface area contributed by atoms with E-state index >= 15 is 0 Å². The van der Waals surface area contributed by atoms with Crippen LogP contribution in [0.1, 0.15) is 32.1 Å². The quantitative estimate of drug-likeness (QED) is 0.442. The molecule has 2 aromatic heterocycles. The number of aromatic nitrogens is 3. The zero-order chi connectivity index (χ0) is 22.8. The second-order valence-corrected chi connectivity index (χ2v) is 9.49. The molecule has 3 saturated heterocycles. The van der Waals surface area contributed by atoms with E-state index in [1.807, 2.05) is 0 Å². The van der Waals surface area contributed by atoms with Crippen molar-refractivity contribution in [1.82, 2.24) is 19.9 Å². The van der Waals surface area contributed by atoms with E-state index in [-0.39, 0.29) is 17.1 Å². The van der Waals surface area contributed by atoms with Crippen molar-refractivity contribution < 1.29 is 18.3 Å². The summed E-state index contributed by atoms with van der Waals surface area (Å²) in [5.74, 6) is 0.473. The molecule has 2 aromatic rings. The summed E-state index contributed by atoms with van der Waals surface area (Å²) < 4.78 is 40.5. The van der Waals surface area contributed by atoms with E-state index in [9.17, 15) is 8.78 Å². The SMILES string of the molecule is C=CCOC[C@@H]1CCCN(c2nc(OC[C@@]34CCCN3C[C@H](F)C4)nc3c(F)cncc23)C1. The van der Waals surface area contributed by atoms with Gasteiger partial charge in [0.2, 0.25) is 0 Å². The zero-order valence-corrected chi connectivity index (χ0v) is 18.9. The Kier molecular flexibility index (Phi) is 6.42. The predicted octanol–water partition coefficient (Wildman–Crippen LogP) is 3.54. The van der Waals surface area contributed by atoms with Crippen LogP contribution in [0.4, 0.5) is 14.6 Å². The lowest BCUT2D eigenvalue weighted by atomic mass is 9.95. The molecule has 0 unspecified atom stereocenters. The Hall–Kier alpha value is -2.39. The molecule has 0 spiro atoms. The average molecular weight is 460 g/mol. The first-order valence-electron chi connectivity index (χ1n) is 11.8. The minimum absolute atomic E-state index is 0.135. The molecule has 5 rings (SSSR count). The van der Waals surface area contributed by atoms with Crippen LogP contribution in [0.15, 0.2) is 25.0 Å². The van der Waals surface area contributed by atoms with E-state index in [4.69, 9.17) is 14.5 Å². The Morgan fingerprint density at radius 3 is 3.00 bits per heavy atom. The Bertz CT molecular complexity index is 1010. The van der Waals surface area contributed by atoms with E-state index in [2.05, 4.69) is 26.3 Å². The van der Waals surface area contributed by atoms with Crippen LogP contribution >= 0.6 is 0 Å². The molecule has 0 bridgehead atoms. The summed E-state index contributed by atoms with van der Waals surface area (Å²) in [6.07, 6.45) is 8.12. The number of alkyl halides is 1. The molecule has 0 amide bonds. The number of hydrogen-bond acceptors (Lipinski definition) is 7. The van der Waals surface area contributed by atoms with Crippen LogP contribution in [0, 0.1) is 11.7 Å². The summed E-state index contributed by atoms with van der Waals surface area (Å²) in [5.41, 5.74) is -0.112. The van der Waals surface area contributed by atoms with Gasteiger partial charge < -0.3 is 14.4 Å². The lowest BCUT2D eigenvalue weighted by Gasteiger charge is -2.34. The maximum absolute atomic E-state index is 14.7. The number of ether oxygens (including phenoxy) is 2. The van der Waals surface area contributed by atoms with Crippen molar-refractivity contribution in [3.05, 3.63) is 30.9 Å². The normalized spacial score (nSPS) is 27.8. The number of anilines is 1. The average Bonchev–Trinajstić information content (AvgIpc) is 3.34. The molecule has 7 nitrogen and oxygen atoms in total. The highest BCUT2D eigenvalue weighted by Gasteiger charge is 2.49. The van der Waals surface area contributed by atoms with Crippen molar-refractivity contribution in [2.45, 2.75) is 43.8 Å². The van der Waals surface area contributed by atoms with Gasteiger partial charge in [0, 0.05) is 32.3 Å². The van der Waals surface area contributed by atoms with Crippen molar-refractivity contribution in [1.29, 1.82) is 0 Å². The predicted molar refractivity (Wildman–Crippen MR) is 122 cm³/mol. The first kappa shape index (κ1) is 22.4. The van der Waals surface area contributed by atoms with Gasteiger partial charge in [-0.1, -0.05) is 6.08 Å². The van der Waals surface area contributed by atoms with Crippen LogP contribution < -0.4 is 9.64 Å². The molecule has 0 aromatic carbocycles. The molecule has 9 heteroatoms. The highest BCUT2D eigenvalue weighted by Crippen LogP contribution is 2.40. The molecular weight excluding hydrogens is 428 g/mol. The molecular formula is C24H31F2N5O2. The van der Waals surface area contributed by atoms with Crippen molar-refractivity contribution in [3.8, 4) is 6.01 Å². The smallest absolute Gasteiger partial charge is 0.319 e. The second-order valence-electron chi connectivity index (χ2n) is 9.49. The molecule has 0 radical (unpaired) electrons. The molecule has 3 fully saturated rings. The standard InChI is InChI=1S/C24H31F2N5O2/c1-2-9-32-15-17-5-3-7-30(13-17)22-19-11-27-12-20(26)21(19)28-23(29-22)33-16-24-6-4-8-31(24)14-18(25)10-24/h2,11-12,17-18H,1,3-10,13-16H2/t17-,18-,24+/m1/s1. The molecule has 0 aliphatic carbocycles.